The number of nitrogens with zero attached hydrogens (tertiary/aromatic N) is 2. The highest BCUT2D eigenvalue weighted by molar-refractivity contribution is 5.79. The van der Waals surface area contributed by atoms with Crippen molar-refractivity contribution in [2.75, 3.05) is 6.54 Å². The van der Waals surface area contributed by atoms with Gasteiger partial charge >= 0.3 is 0 Å². The molecule has 0 amide bonds. The number of para-hydroxylation sites is 1. The summed E-state index contributed by atoms with van der Waals surface area (Å²) in [5.41, 5.74) is 1.76. The molecule has 0 spiro atoms. The van der Waals surface area contributed by atoms with E-state index in [0.717, 1.165) is 41.7 Å². The Balaban J connectivity index is 2.04. The van der Waals surface area contributed by atoms with Gasteiger partial charge in [0.05, 0.1) is 18.8 Å². The summed E-state index contributed by atoms with van der Waals surface area (Å²) >= 11 is 0. The van der Waals surface area contributed by atoms with Crippen LogP contribution in [0.3, 0.4) is 0 Å². The van der Waals surface area contributed by atoms with E-state index in [-0.39, 0.29) is 5.60 Å². The maximum absolute atomic E-state index is 6.04. The van der Waals surface area contributed by atoms with E-state index in [1.165, 1.54) is 0 Å². The van der Waals surface area contributed by atoms with Crippen molar-refractivity contribution in [2.24, 2.45) is 4.99 Å². The molecule has 6 nitrogen and oxygen atoms in total. The molecule has 0 unspecified atom stereocenters. The summed E-state index contributed by atoms with van der Waals surface area (Å²) in [6.45, 7) is 12.1. The minimum Gasteiger partial charge on any atom is -0.488 e. The summed E-state index contributed by atoms with van der Waals surface area (Å²) in [5, 5.41) is 10.5. The predicted octanol–water partition coefficient (Wildman–Crippen LogP) is 3.67. The summed E-state index contributed by atoms with van der Waals surface area (Å²) < 4.78 is 11.3. The Kier molecular flexibility index (Phi) is 7.06. The molecule has 0 saturated carbocycles. The van der Waals surface area contributed by atoms with Crippen molar-refractivity contribution in [3.63, 3.8) is 0 Å². The Bertz CT molecular complexity index is 717. The Labute approximate surface area is 156 Å². The maximum Gasteiger partial charge on any atom is 0.191 e. The Hall–Kier alpha value is -2.50. The molecule has 26 heavy (non-hydrogen) atoms. The highest BCUT2D eigenvalue weighted by Crippen LogP contribution is 2.23. The second-order valence-corrected chi connectivity index (χ2v) is 7.01. The molecule has 0 bridgehead atoms. The monoisotopic (exact) mass is 358 g/mol. The topological polar surface area (TPSA) is 71.7 Å². The normalized spacial score (nSPS) is 12.1. The van der Waals surface area contributed by atoms with Gasteiger partial charge in [-0.05, 0) is 40.2 Å². The lowest BCUT2D eigenvalue weighted by Gasteiger charge is -2.23. The third-order valence-corrected chi connectivity index (χ3v) is 3.54. The van der Waals surface area contributed by atoms with Gasteiger partial charge in [0.25, 0.3) is 0 Å². The van der Waals surface area contributed by atoms with Crippen molar-refractivity contribution in [1.29, 1.82) is 0 Å². The summed E-state index contributed by atoms with van der Waals surface area (Å²) in [4.78, 5) is 4.67. The number of hydrogen-bond acceptors (Lipinski definition) is 4. The minimum atomic E-state index is -0.244. The van der Waals surface area contributed by atoms with Crippen LogP contribution < -0.4 is 15.4 Å². The van der Waals surface area contributed by atoms with E-state index < -0.39 is 0 Å². The number of benzene rings is 1. The van der Waals surface area contributed by atoms with Crippen molar-refractivity contribution >= 4 is 5.96 Å². The smallest absolute Gasteiger partial charge is 0.191 e. The van der Waals surface area contributed by atoms with Crippen molar-refractivity contribution in [1.82, 2.24) is 15.8 Å². The lowest BCUT2D eigenvalue weighted by atomic mass is 10.1. The largest absolute Gasteiger partial charge is 0.488 e. The third kappa shape index (κ3) is 6.43. The molecular formula is C20H30N4O2. The first kappa shape index (κ1) is 19.8. The molecule has 0 atom stereocenters. The molecule has 0 aliphatic heterocycles. The average molecular weight is 358 g/mol. The van der Waals surface area contributed by atoms with E-state index in [0.29, 0.717) is 13.1 Å². The van der Waals surface area contributed by atoms with E-state index in [4.69, 9.17) is 9.26 Å². The lowest BCUT2D eigenvalue weighted by Crippen LogP contribution is -2.36. The van der Waals surface area contributed by atoms with Gasteiger partial charge < -0.3 is 19.9 Å². The van der Waals surface area contributed by atoms with Gasteiger partial charge in [0.15, 0.2) is 11.7 Å². The third-order valence-electron chi connectivity index (χ3n) is 3.54. The van der Waals surface area contributed by atoms with Crippen LogP contribution in [-0.2, 0) is 19.5 Å². The average Bonchev–Trinajstić information content (AvgIpc) is 3.05. The van der Waals surface area contributed by atoms with Gasteiger partial charge in [0.2, 0.25) is 0 Å². The van der Waals surface area contributed by atoms with Gasteiger partial charge in [-0.3, -0.25) is 0 Å². The van der Waals surface area contributed by atoms with Crippen molar-refractivity contribution < 1.29 is 9.26 Å². The molecule has 2 N–H and O–H groups in total. The van der Waals surface area contributed by atoms with Crippen LogP contribution in [0.15, 0.2) is 39.8 Å². The predicted molar refractivity (Wildman–Crippen MR) is 104 cm³/mol. The van der Waals surface area contributed by atoms with Crippen molar-refractivity contribution in [3.8, 4) is 5.75 Å². The SMILES string of the molecule is CCNC(=NCc1ccccc1OC(C)(C)C)NCc1cc(CC)no1. The quantitative estimate of drug-likeness (QED) is 0.584. The number of aryl methyl sites for hydroxylation is 1. The molecule has 2 aromatic rings. The van der Waals surface area contributed by atoms with E-state index in [9.17, 15) is 0 Å². The summed E-state index contributed by atoms with van der Waals surface area (Å²) in [5.74, 6) is 2.39. The number of nitrogens with one attached hydrogen (secondary N) is 2. The molecule has 2 rings (SSSR count). The molecule has 0 fully saturated rings. The highest BCUT2D eigenvalue weighted by atomic mass is 16.5. The highest BCUT2D eigenvalue weighted by Gasteiger charge is 2.14. The van der Waals surface area contributed by atoms with Crippen LogP contribution in [0.1, 0.15) is 51.6 Å². The fourth-order valence-corrected chi connectivity index (χ4v) is 2.35. The van der Waals surface area contributed by atoms with Crippen molar-refractivity contribution in [2.45, 2.75) is 59.7 Å². The Morgan fingerprint density at radius 1 is 1.19 bits per heavy atom. The van der Waals surface area contributed by atoms with Gasteiger partial charge in [-0.2, -0.15) is 0 Å². The zero-order valence-electron chi connectivity index (χ0n) is 16.4. The molecule has 0 aliphatic rings. The number of hydrogen-bond donors (Lipinski definition) is 2. The summed E-state index contributed by atoms with van der Waals surface area (Å²) in [7, 11) is 0. The number of aromatic nitrogens is 1. The molecule has 0 saturated heterocycles. The fourth-order valence-electron chi connectivity index (χ4n) is 2.35. The van der Waals surface area contributed by atoms with Gasteiger partial charge in [-0.15, -0.1) is 0 Å². The molecule has 1 aromatic heterocycles. The number of ether oxygens (including phenoxy) is 1. The van der Waals surface area contributed by atoms with Gasteiger partial charge in [0.1, 0.15) is 11.4 Å². The maximum atomic E-state index is 6.04. The Morgan fingerprint density at radius 3 is 2.62 bits per heavy atom. The molecule has 1 heterocycles. The Morgan fingerprint density at radius 2 is 1.96 bits per heavy atom. The second-order valence-electron chi connectivity index (χ2n) is 7.01. The number of aliphatic imine (C=N–C) groups is 1. The lowest BCUT2D eigenvalue weighted by molar-refractivity contribution is 0.129. The summed E-state index contributed by atoms with van der Waals surface area (Å²) in [6.07, 6.45) is 0.863. The van der Waals surface area contributed by atoms with Crippen LogP contribution in [0.4, 0.5) is 0 Å². The first-order chi connectivity index (χ1) is 12.4. The number of guanidine groups is 1. The van der Waals surface area contributed by atoms with E-state index in [1.807, 2.05) is 58.0 Å². The van der Waals surface area contributed by atoms with E-state index in [2.05, 4.69) is 27.7 Å². The first-order valence-corrected chi connectivity index (χ1v) is 9.15. The first-order valence-electron chi connectivity index (χ1n) is 9.15. The zero-order chi connectivity index (χ0) is 19.0. The van der Waals surface area contributed by atoms with Crippen LogP contribution >= 0.6 is 0 Å². The van der Waals surface area contributed by atoms with Crippen LogP contribution in [0.25, 0.3) is 0 Å². The molecule has 6 heteroatoms. The van der Waals surface area contributed by atoms with Crippen LogP contribution in [0, 0.1) is 0 Å². The molecular weight excluding hydrogens is 328 g/mol. The van der Waals surface area contributed by atoms with Crippen molar-refractivity contribution in [3.05, 3.63) is 47.3 Å². The fraction of sp³-hybridized carbons (Fsp3) is 0.500. The van der Waals surface area contributed by atoms with E-state index in [1.54, 1.807) is 0 Å². The van der Waals surface area contributed by atoms with E-state index >= 15 is 0 Å². The van der Waals surface area contributed by atoms with Gasteiger partial charge in [-0.1, -0.05) is 30.3 Å². The van der Waals surface area contributed by atoms with Gasteiger partial charge in [0, 0.05) is 18.2 Å². The van der Waals surface area contributed by atoms with Crippen LogP contribution in [0.5, 0.6) is 5.75 Å². The molecule has 0 aliphatic carbocycles. The number of rotatable bonds is 7. The molecule has 142 valence electrons. The standard InChI is InChI=1S/C20H30N4O2/c1-6-16-12-17(26-24-16)14-23-19(21-7-2)22-13-15-10-8-9-11-18(15)25-20(3,4)5/h8-12H,6-7,13-14H2,1-5H3,(H2,21,22,23). The second kappa shape index (κ2) is 9.27. The molecule has 0 radical (unpaired) electrons. The summed E-state index contributed by atoms with van der Waals surface area (Å²) in [6, 6.07) is 9.97. The van der Waals surface area contributed by atoms with Crippen LogP contribution in [-0.4, -0.2) is 23.3 Å². The van der Waals surface area contributed by atoms with Gasteiger partial charge in [-0.25, -0.2) is 4.99 Å². The minimum absolute atomic E-state index is 0.244. The zero-order valence-corrected chi connectivity index (χ0v) is 16.4. The van der Waals surface area contributed by atoms with Crippen LogP contribution in [0.2, 0.25) is 0 Å². The molecule has 1 aromatic carbocycles.